The zero-order valence-corrected chi connectivity index (χ0v) is 12.4. The first-order chi connectivity index (χ1) is 8.88. The molecular weight excluding hydrogens is 236 g/mol. The SMILES string of the molecule is Cc1cc(C(C)C)cc(C2(C(=O)O)CCCC2)c1C. The predicted octanol–water partition coefficient (Wildman–Crippen LogP) is 4.32. The Morgan fingerprint density at radius 3 is 2.26 bits per heavy atom. The van der Waals surface area contributed by atoms with Crippen molar-refractivity contribution in [2.45, 2.75) is 64.7 Å². The van der Waals surface area contributed by atoms with E-state index in [1.165, 1.54) is 11.1 Å². The maximum absolute atomic E-state index is 11.9. The molecule has 0 atom stereocenters. The Bertz CT molecular complexity index is 494. The minimum absolute atomic E-state index is 0.435. The molecule has 1 N–H and O–H groups in total. The first-order valence-electron chi connectivity index (χ1n) is 7.23. The van der Waals surface area contributed by atoms with Gasteiger partial charge in [-0.05, 0) is 54.9 Å². The number of aryl methyl sites for hydroxylation is 1. The van der Waals surface area contributed by atoms with Crippen molar-refractivity contribution < 1.29 is 9.90 Å². The van der Waals surface area contributed by atoms with Crippen LogP contribution < -0.4 is 0 Å². The molecule has 1 aromatic carbocycles. The van der Waals surface area contributed by atoms with Crippen LogP contribution >= 0.6 is 0 Å². The van der Waals surface area contributed by atoms with Crippen LogP contribution in [0.25, 0.3) is 0 Å². The summed E-state index contributed by atoms with van der Waals surface area (Å²) >= 11 is 0. The number of hydrogen-bond acceptors (Lipinski definition) is 1. The molecule has 0 radical (unpaired) electrons. The second-order valence-corrected chi connectivity index (χ2v) is 6.26. The molecule has 0 saturated heterocycles. The fraction of sp³-hybridized carbons (Fsp3) is 0.588. The quantitative estimate of drug-likeness (QED) is 0.878. The summed E-state index contributed by atoms with van der Waals surface area (Å²) in [6.07, 6.45) is 3.61. The van der Waals surface area contributed by atoms with Crippen LogP contribution in [-0.4, -0.2) is 11.1 Å². The van der Waals surface area contributed by atoms with Gasteiger partial charge in [-0.3, -0.25) is 4.79 Å². The first-order valence-corrected chi connectivity index (χ1v) is 7.23. The highest BCUT2D eigenvalue weighted by Gasteiger charge is 2.44. The minimum atomic E-state index is -0.645. The van der Waals surface area contributed by atoms with Gasteiger partial charge in [-0.25, -0.2) is 0 Å². The van der Waals surface area contributed by atoms with Crippen molar-refractivity contribution in [2.24, 2.45) is 0 Å². The average Bonchev–Trinajstić information content (AvgIpc) is 2.82. The summed E-state index contributed by atoms with van der Waals surface area (Å²) in [7, 11) is 0. The van der Waals surface area contributed by atoms with E-state index in [2.05, 4.69) is 39.8 Å². The highest BCUT2D eigenvalue weighted by atomic mass is 16.4. The van der Waals surface area contributed by atoms with Gasteiger partial charge in [0.2, 0.25) is 0 Å². The molecule has 0 aliphatic heterocycles. The van der Waals surface area contributed by atoms with E-state index in [0.29, 0.717) is 5.92 Å². The van der Waals surface area contributed by atoms with Gasteiger partial charge in [-0.2, -0.15) is 0 Å². The Hall–Kier alpha value is -1.31. The number of carboxylic acids is 1. The van der Waals surface area contributed by atoms with Crippen LogP contribution in [0.5, 0.6) is 0 Å². The largest absolute Gasteiger partial charge is 0.481 e. The summed E-state index contributed by atoms with van der Waals surface area (Å²) < 4.78 is 0. The van der Waals surface area contributed by atoms with Crippen LogP contribution in [0, 0.1) is 13.8 Å². The molecule has 104 valence electrons. The van der Waals surface area contributed by atoms with Gasteiger partial charge < -0.3 is 5.11 Å². The van der Waals surface area contributed by atoms with E-state index >= 15 is 0 Å². The zero-order valence-electron chi connectivity index (χ0n) is 12.4. The van der Waals surface area contributed by atoms with Crippen LogP contribution in [0.1, 0.15) is 67.7 Å². The van der Waals surface area contributed by atoms with Crippen LogP contribution in [0.2, 0.25) is 0 Å². The van der Waals surface area contributed by atoms with Crippen molar-refractivity contribution >= 4 is 5.97 Å². The van der Waals surface area contributed by atoms with Gasteiger partial charge >= 0.3 is 5.97 Å². The van der Waals surface area contributed by atoms with Crippen LogP contribution in [0.15, 0.2) is 12.1 Å². The maximum atomic E-state index is 11.9. The first kappa shape index (κ1) is 14.1. The fourth-order valence-corrected chi connectivity index (χ4v) is 3.29. The molecule has 0 aromatic heterocycles. The number of carboxylic acid groups (broad SMARTS) is 1. The van der Waals surface area contributed by atoms with Crippen molar-refractivity contribution in [1.82, 2.24) is 0 Å². The van der Waals surface area contributed by atoms with E-state index in [-0.39, 0.29) is 0 Å². The zero-order chi connectivity index (χ0) is 14.2. The lowest BCUT2D eigenvalue weighted by Crippen LogP contribution is -2.33. The third-order valence-corrected chi connectivity index (χ3v) is 4.74. The number of rotatable bonds is 3. The molecule has 1 fully saturated rings. The second kappa shape index (κ2) is 4.99. The van der Waals surface area contributed by atoms with Gasteiger partial charge in [0.05, 0.1) is 5.41 Å². The second-order valence-electron chi connectivity index (χ2n) is 6.26. The normalized spacial score (nSPS) is 17.9. The molecule has 0 amide bonds. The standard InChI is InChI=1S/C17H24O2/c1-11(2)14-9-12(3)13(4)15(10-14)17(16(18)19)7-5-6-8-17/h9-11H,5-8H2,1-4H3,(H,18,19). The molecule has 19 heavy (non-hydrogen) atoms. The highest BCUT2D eigenvalue weighted by Crippen LogP contribution is 2.44. The van der Waals surface area contributed by atoms with Gasteiger partial charge in [0, 0.05) is 0 Å². The third kappa shape index (κ3) is 2.29. The Balaban J connectivity index is 2.63. The molecule has 1 aromatic rings. The topological polar surface area (TPSA) is 37.3 Å². The molecule has 1 saturated carbocycles. The number of aliphatic carboxylic acids is 1. The van der Waals surface area contributed by atoms with E-state index in [1.807, 2.05) is 0 Å². The molecule has 1 aliphatic rings. The Labute approximate surface area is 115 Å². The summed E-state index contributed by atoms with van der Waals surface area (Å²) in [6, 6.07) is 4.35. The van der Waals surface area contributed by atoms with Crippen LogP contribution in [0.3, 0.4) is 0 Å². The predicted molar refractivity (Wildman–Crippen MR) is 77.8 cm³/mol. The number of hydrogen-bond donors (Lipinski definition) is 1. The molecule has 0 bridgehead atoms. The Kier molecular flexibility index (Phi) is 3.71. The molecule has 2 heteroatoms. The molecule has 0 spiro atoms. The third-order valence-electron chi connectivity index (χ3n) is 4.74. The fourth-order valence-electron chi connectivity index (χ4n) is 3.29. The average molecular weight is 260 g/mol. The molecular formula is C17H24O2. The van der Waals surface area contributed by atoms with E-state index < -0.39 is 11.4 Å². The minimum Gasteiger partial charge on any atom is -0.481 e. The van der Waals surface area contributed by atoms with Gasteiger partial charge in [0.1, 0.15) is 0 Å². The summed E-state index contributed by atoms with van der Waals surface area (Å²) in [5.41, 5.74) is 4.05. The van der Waals surface area contributed by atoms with Gasteiger partial charge in [-0.1, -0.05) is 38.8 Å². The molecule has 2 nitrogen and oxygen atoms in total. The summed E-state index contributed by atoms with van der Waals surface area (Å²) in [5, 5.41) is 9.76. The van der Waals surface area contributed by atoms with Crippen molar-refractivity contribution in [2.75, 3.05) is 0 Å². The van der Waals surface area contributed by atoms with Crippen molar-refractivity contribution in [1.29, 1.82) is 0 Å². The number of carbonyl (C=O) groups is 1. The molecule has 0 unspecified atom stereocenters. The summed E-state index contributed by atoms with van der Waals surface area (Å²) in [4.78, 5) is 11.9. The lowest BCUT2D eigenvalue weighted by molar-refractivity contribution is -0.143. The van der Waals surface area contributed by atoms with E-state index in [1.54, 1.807) is 0 Å². The van der Waals surface area contributed by atoms with Gasteiger partial charge in [0.15, 0.2) is 0 Å². The van der Waals surface area contributed by atoms with Crippen LogP contribution in [-0.2, 0) is 10.2 Å². The lowest BCUT2D eigenvalue weighted by Gasteiger charge is -2.28. The smallest absolute Gasteiger partial charge is 0.314 e. The molecule has 2 rings (SSSR count). The Morgan fingerprint density at radius 2 is 1.79 bits per heavy atom. The van der Waals surface area contributed by atoms with Crippen molar-refractivity contribution in [3.63, 3.8) is 0 Å². The van der Waals surface area contributed by atoms with E-state index in [9.17, 15) is 9.90 Å². The van der Waals surface area contributed by atoms with Gasteiger partial charge in [-0.15, -0.1) is 0 Å². The van der Waals surface area contributed by atoms with Crippen LogP contribution in [0.4, 0.5) is 0 Å². The monoisotopic (exact) mass is 260 g/mol. The van der Waals surface area contributed by atoms with Gasteiger partial charge in [0.25, 0.3) is 0 Å². The summed E-state index contributed by atoms with van der Waals surface area (Å²) in [6.45, 7) is 8.49. The van der Waals surface area contributed by atoms with Crippen molar-refractivity contribution in [3.05, 3.63) is 34.4 Å². The summed E-state index contributed by atoms with van der Waals surface area (Å²) in [5.74, 6) is -0.210. The highest BCUT2D eigenvalue weighted by molar-refractivity contribution is 5.82. The molecule has 0 heterocycles. The Morgan fingerprint density at radius 1 is 1.21 bits per heavy atom. The lowest BCUT2D eigenvalue weighted by atomic mass is 9.75. The van der Waals surface area contributed by atoms with Crippen molar-refractivity contribution in [3.8, 4) is 0 Å². The molecule has 1 aliphatic carbocycles. The number of benzene rings is 1. The van der Waals surface area contributed by atoms with E-state index in [0.717, 1.165) is 36.8 Å². The maximum Gasteiger partial charge on any atom is 0.314 e. The van der Waals surface area contributed by atoms with E-state index in [4.69, 9.17) is 0 Å².